The van der Waals surface area contributed by atoms with Crippen molar-refractivity contribution in [3.8, 4) is 11.5 Å². The highest BCUT2D eigenvalue weighted by Gasteiger charge is 2.38. The highest BCUT2D eigenvalue weighted by atomic mass is 19.4. The number of hydrogen-bond donors (Lipinski definition) is 4. The number of amides is 1. The number of halogens is 3. The molecule has 41 heavy (non-hydrogen) atoms. The van der Waals surface area contributed by atoms with E-state index in [0.29, 0.717) is 18.9 Å². The number of aromatic hydroxyl groups is 1. The number of nitrogens with one attached hydrogen (secondary N) is 1. The van der Waals surface area contributed by atoms with E-state index in [2.05, 4.69) is 29.6 Å². The fraction of sp³-hybridized carbons (Fsp3) is 0.355. The lowest BCUT2D eigenvalue weighted by Crippen LogP contribution is -2.42. The van der Waals surface area contributed by atoms with Gasteiger partial charge in [-0.2, -0.15) is 13.2 Å². The zero-order chi connectivity index (χ0) is 30.2. The highest BCUT2D eigenvalue weighted by molar-refractivity contribution is 5.82. The van der Waals surface area contributed by atoms with Gasteiger partial charge in [-0.15, -0.1) is 0 Å². The third-order valence-corrected chi connectivity index (χ3v) is 6.68. The van der Waals surface area contributed by atoms with Crippen LogP contribution in [0.15, 0.2) is 60.7 Å². The smallest absolute Gasteiger partial charge is 0.490 e. The molecule has 1 aliphatic rings. The van der Waals surface area contributed by atoms with Crippen molar-refractivity contribution in [3.63, 3.8) is 0 Å². The number of nitrogens with two attached hydrogens (primary N) is 1. The Morgan fingerprint density at radius 1 is 1.02 bits per heavy atom. The maximum Gasteiger partial charge on any atom is 0.490 e. The largest absolute Gasteiger partial charge is 0.508 e. The Labute approximate surface area is 237 Å². The summed E-state index contributed by atoms with van der Waals surface area (Å²) in [7, 11) is 0. The first-order valence-electron chi connectivity index (χ1n) is 13.2. The summed E-state index contributed by atoms with van der Waals surface area (Å²) in [5.74, 6) is -1.26. The van der Waals surface area contributed by atoms with E-state index < -0.39 is 18.2 Å². The molecule has 0 aliphatic heterocycles. The van der Waals surface area contributed by atoms with Crippen molar-refractivity contribution in [1.29, 1.82) is 0 Å². The van der Waals surface area contributed by atoms with Gasteiger partial charge in [-0.05, 0) is 97.5 Å². The van der Waals surface area contributed by atoms with Crippen molar-refractivity contribution < 1.29 is 37.7 Å². The van der Waals surface area contributed by atoms with Gasteiger partial charge in [-0.1, -0.05) is 36.4 Å². The van der Waals surface area contributed by atoms with Crippen molar-refractivity contribution in [2.45, 2.75) is 58.3 Å². The molecule has 3 aromatic rings. The fourth-order valence-electron chi connectivity index (χ4n) is 4.26. The lowest BCUT2D eigenvalue weighted by molar-refractivity contribution is -0.192. The first kappa shape index (κ1) is 31.5. The Hall–Kier alpha value is -4.05. The maximum atomic E-state index is 12.8. The number of alkyl halides is 3. The minimum absolute atomic E-state index is 0.200. The van der Waals surface area contributed by atoms with Gasteiger partial charge in [0.05, 0.1) is 12.6 Å². The van der Waals surface area contributed by atoms with Crippen LogP contribution in [0.1, 0.15) is 46.2 Å². The van der Waals surface area contributed by atoms with Crippen LogP contribution in [0.3, 0.4) is 0 Å². The summed E-state index contributed by atoms with van der Waals surface area (Å²) >= 11 is 0. The molecule has 0 bridgehead atoms. The molecule has 1 saturated carbocycles. The molecule has 0 saturated heterocycles. The van der Waals surface area contributed by atoms with Crippen LogP contribution in [0, 0.1) is 19.8 Å². The molecule has 1 amide bonds. The van der Waals surface area contributed by atoms with E-state index in [1.54, 1.807) is 12.1 Å². The highest BCUT2D eigenvalue weighted by Crippen LogP contribution is 2.31. The van der Waals surface area contributed by atoms with Crippen LogP contribution in [0.2, 0.25) is 0 Å². The standard InChI is InChI=1S/C29H34N2O3.C2HF3O2/c1-19-12-25(32)13-20(2)26(19)16-27(30)29(33)31-17-24-15-23(14-21-6-4-3-5-7-21)10-11-28(24)34-18-22-8-9-22;3-2(4,5)1(6)7/h3-7,10-13,15,22,27,32H,8-9,14,16-18,30H2,1-2H3,(H,31,33);(H,6,7)/t27-;/m0./s1. The third-order valence-electron chi connectivity index (χ3n) is 6.68. The summed E-state index contributed by atoms with van der Waals surface area (Å²) in [6.07, 6.45) is -1.39. The van der Waals surface area contributed by atoms with Gasteiger partial charge >= 0.3 is 12.1 Å². The predicted molar refractivity (Wildman–Crippen MR) is 149 cm³/mol. The first-order chi connectivity index (χ1) is 19.3. The molecule has 1 aliphatic carbocycles. The minimum atomic E-state index is -5.08. The number of hydrogen-bond acceptors (Lipinski definition) is 5. The van der Waals surface area contributed by atoms with E-state index in [1.807, 2.05) is 38.1 Å². The second-order valence-corrected chi connectivity index (χ2v) is 10.2. The number of carbonyl (C=O) groups excluding carboxylic acids is 1. The average Bonchev–Trinajstić information content (AvgIpc) is 3.73. The summed E-state index contributed by atoms with van der Waals surface area (Å²) in [4.78, 5) is 21.7. The van der Waals surface area contributed by atoms with Gasteiger partial charge in [-0.25, -0.2) is 4.79 Å². The molecular weight excluding hydrogens is 537 g/mol. The topological polar surface area (TPSA) is 122 Å². The molecule has 4 rings (SSSR count). The van der Waals surface area contributed by atoms with E-state index in [4.69, 9.17) is 20.4 Å². The first-order valence-corrected chi connectivity index (χ1v) is 13.2. The molecule has 1 fully saturated rings. The van der Waals surface area contributed by atoms with Crippen molar-refractivity contribution >= 4 is 11.9 Å². The lowest BCUT2D eigenvalue weighted by atomic mass is 9.96. The fourth-order valence-corrected chi connectivity index (χ4v) is 4.26. The van der Waals surface area contributed by atoms with Gasteiger partial charge in [0.2, 0.25) is 5.91 Å². The normalized spacial score (nSPS) is 13.5. The molecule has 3 aromatic carbocycles. The zero-order valence-electron chi connectivity index (χ0n) is 23.0. The van der Waals surface area contributed by atoms with Crippen LogP contribution in [0.5, 0.6) is 11.5 Å². The number of benzene rings is 3. The number of carboxylic acid groups (broad SMARTS) is 1. The number of phenolic OH excluding ortho intramolecular Hbond substituents is 1. The Kier molecular flexibility index (Phi) is 10.8. The van der Waals surface area contributed by atoms with Gasteiger partial charge < -0.3 is 26.0 Å². The van der Waals surface area contributed by atoms with Gasteiger partial charge in [0.25, 0.3) is 0 Å². The van der Waals surface area contributed by atoms with Crippen LogP contribution >= 0.6 is 0 Å². The summed E-state index contributed by atoms with van der Waals surface area (Å²) in [5.41, 5.74) is 12.5. The quantitative estimate of drug-likeness (QED) is 0.265. The summed E-state index contributed by atoms with van der Waals surface area (Å²) in [5, 5.41) is 19.9. The lowest BCUT2D eigenvalue weighted by Gasteiger charge is -2.18. The molecule has 1 atom stereocenters. The van der Waals surface area contributed by atoms with E-state index in [-0.39, 0.29) is 11.7 Å². The number of carbonyl (C=O) groups is 2. The summed E-state index contributed by atoms with van der Waals surface area (Å²) in [6.45, 7) is 4.93. The van der Waals surface area contributed by atoms with E-state index in [9.17, 15) is 23.1 Å². The van der Waals surface area contributed by atoms with Crippen LogP contribution in [0.4, 0.5) is 13.2 Å². The molecule has 5 N–H and O–H groups in total. The minimum Gasteiger partial charge on any atom is -0.508 e. The number of carboxylic acids is 1. The molecular formula is C31H35F3N2O5. The Bertz CT molecular complexity index is 1320. The number of phenols is 1. The molecule has 0 radical (unpaired) electrons. The van der Waals surface area contributed by atoms with Crippen molar-refractivity contribution in [2.75, 3.05) is 6.61 Å². The molecule has 0 aromatic heterocycles. The van der Waals surface area contributed by atoms with Gasteiger partial charge in [-0.3, -0.25) is 4.79 Å². The maximum absolute atomic E-state index is 12.8. The summed E-state index contributed by atoms with van der Waals surface area (Å²) in [6, 6.07) is 19.3. The van der Waals surface area contributed by atoms with Crippen LogP contribution in [0.25, 0.3) is 0 Å². The molecule has 0 unspecified atom stereocenters. The molecule has 220 valence electrons. The second kappa shape index (κ2) is 14.0. The van der Waals surface area contributed by atoms with E-state index >= 15 is 0 Å². The zero-order valence-corrected chi connectivity index (χ0v) is 23.0. The van der Waals surface area contributed by atoms with Crippen LogP contribution in [-0.2, 0) is 29.0 Å². The molecule has 0 spiro atoms. The van der Waals surface area contributed by atoms with Gasteiger partial charge in [0.1, 0.15) is 11.5 Å². The predicted octanol–water partition coefficient (Wildman–Crippen LogP) is 5.21. The Morgan fingerprint density at radius 2 is 1.63 bits per heavy atom. The number of aliphatic carboxylic acids is 1. The van der Waals surface area contributed by atoms with Crippen LogP contribution in [-0.4, -0.2) is 40.9 Å². The number of aryl methyl sites for hydroxylation is 2. The molecule has 7 nitrogen and oxygen atoms in total. The SMILES string of the molecule is Cc1cc(O)cc(C)c1C[C@H](N)C(=O)NCc1cc(Cc2ccccc2)ccc1OCC1CC1.O=C(O)C(F)(F)F. The van der Waals surface area contributed by atoms with Crippen LogP contribution < -0.4 is 15.8 Å². The third kappa shape index (κ3) is 10.1. The monoisotopic (exact) mass is 572 g/mol. The van der Waals surface area contributed by atoms with Gasteiger partial charge in [0.15, 0.2) is 0 Å². The van der Waals surface area contributed by atoms with E-state index in [1.165, 1.54) is 24.0 Å². The van der Waals surface area contributed by atoms with Gasteiger partial charge in [0, 0.05) is 12.1 Å². The second-order valence-electron chi connectivity index (χ2n) is 10.2. The molecule has 0 heterocycles. The van der Waals surface area contributed by atoms with Crippen molar-refractivity contribution in [1.82, 2.24) is 5.32 Å². The van der Waals surface area contributed by atoms with Crippen molar-refractivity contribution in [2.24, 2.45) is 11.7 Å². The average molecular weight is 573 g/mol. The Balaban J connectivity index is 0.000000587. The van der Waals surface area contributed by atoms with Crippen molar-refractivity contribution in [3.05, 3.63) is 94.0 Å². The number of rotatable bonds is 10. The molecule has 10 heteroatoms. The van der Waals surface area contributed by atoms with E-state index in [0.717, 1.165) is 41.0 Å². The Morgan fingerprint density at radius 3 is 2.20 bits per heavy atom. The summed E-state index contributed by atoms with van der Waals surface area (Å²) < 4.78 is 37.8. The number of ether oxygens (including phenoxy) is 1.